The van der Waals surface area contributed by atoms with Crippen molar-refractivity contribution < 1.29 is 19.5 Å². The molecule has 92 valence electrons. The van der Waals surface area contributed by atoms with Gasteiger partial charge in [-0.3, -0.25) is 14.9 Å². The summed E-state index contributed by atoms with van der Waals surface area (Å²) in [4.78, 5) is 33.0. The van der Waals surface area contributed by atoms with E-state index in [1.54, 1.807) is 0 Å². The van der Waals surface area contributed by atoms with Crippen LogP contribution in [-0.2, 0) is 14.4 Å². The molecule has 0 aromatic rings. The summed E-state index contributed by atoms with van der Waals surface area (Å²) in [5.74, 6) is -2.25. The molecule has 5 heteroatoms. The van der Waals surface area contributed by atoms with Crippen LogP contribution in [0.2, 0.25) is 0 Å². The van der Waals surface area contributed by atoms with Crippen molar-refractivity contribution in [3.63, 3.8) is 0 Å². The highest BCUT2D eigenvalue weighted by Crippen LogP contribution is 2.03. The van der Waals surface area contributed by atoms with Gasteiger partial charge in [0.25, 0.3) is 11.8 Å². The van der Waals surface area contributed by atoms with E-state index in [1.807, 2.05) is 0 Å². The topological polar surface area (TPSA) is 83.5 Å². The maximum atomic E-state index is 11.4. The molecule has 0 aliphatic carbocycles. The fourth-order valence-corrected chi connectivity index (χ4v) is 0.765. The number of carboxylic acid groups (broad SMARTS) is 1. The summed E-state index contributed by atoms with van der Waals surface area (Å²) in [6.45, 7) is 9.67. The summed E-state index contributed by atoms with van der Waals surface area (Å²) in [7, 11) is 0. The van der Waals surface area contributed by atoms with E-state index in [2.05, 4.69) is 18.5 Å². The lowest BCUT2D eigenvalue weighted by Crippen LogP contribution is -2.31. The number of carbonyl (C=O) groups is 3. The molecule has 0 saturated carbocycles. The second-order valence-electron chi connectivity index (χ2n) is 3.56. The first-order valence-corrected chi connectivity index (χ1v) is 4.84. The molecule has 0 aromatic heterocycles. The molecule has 0 rings (SSSR count). The summed E-state index contributed by atoms with van der Waals surface area (Å²) in [5, 5.41) is 10.7. The second kappa shape index (κ2) is 6.42. The van der Waals surface area contributed by atoms with Crippen molar-refractivity contribution in [1.29, 1.82) is 0 Å². The average Bonchev–Trinajstić information content (AvgIpc) is 2.24. The van der Waals surface area contributed by atoms with Gasteiger partial charge in [0.2, 0.25) is 0 Å². The maximum absolute atomic E-state index is 11.4. The largest absolute Gasteiger partial charge is 0.478 e. The molecule has 0 aliphatic rings. The molecule has 0 radical (unpaired) electrons. The van der Waals surface area contributed by atoms with E-state index >= 15 is 0 Å². The van der Waals surface area contributed by atoms with Gasteiger partial charge in [0, 0.05) is 16.7 Å². The monoisotopic (exact) mass is 237 g/mol. The van der Waals surface area contributed by atoms with E-state index < -0.39 is 17.8 Å². The van der Waals surface area contributed by atoms with Crippen molar-refractivity contribution in [2.24, 2.45) is 0 Å². The van der Waals surface area contributed by atoms with Gasteiger partial charge >= 0.3 is 5.97 Å². The van der Waals surface area contributed by atoms with Gasteiger partial charge in [-0.25, -0.2) is 4.79 Å². The Bertz CT molecular complexity index is 418. The molecule has 0 atom stereocenters. The number of aliphatic carboxylic acids is 1. The molecular weight excluding hydrogens is 222 g/mol. The molecule has 0 aromatic carbocycles. The molecule has 0 bridgehead atoms. The lowest BCUT2D eigenvalue weighted by Gasteiger charge is -2.03. The van der Waals surface area contributed by atoms with Gasteiger partial charge in [0.15, 0.2) is 0 Å². The number of rotatable bonds is 5. The summed E-state index contributed by atoms with van der Waals surface area (Å²) in [5.41, 5.74) is 0.450. The van der Waals surface area contributed by atoms with Crippen molar-refractivity contribution in [2.75, 3.05) is 0 Å². The smallest absolute Gasteiger partial charge is 0.331 e. The highest BCUT2D eigenvalue weighted by Gasteiger charge is 2.10. The fourth-order valence-electron chi connectivity index (χ4n) is 0.765. The number of carboxylic acids is 1. The van der Waals surface area contributed by atoms with E-state index in [4.69, 9.17) is 5.11 Å². The van der Waals surface area contributed by atoms with E-state index in [-0.39, 0.29) is 23.1 Å². The first kappa shape index (κ1) is 14.8. The van der Waals surface area contributed by atoms with Crippen LogP contribution in [-0.4, -0.2) is 22.9 Å². The second-order valence-corrected chi connectivity index (χ2v) is 3.56. The predicted molar refractivity (Wildman–Crippen MR) is 63.1 cm³/mol. The minimum absolute atomic E-state index is 0.0247. The van der Waals surface area contributed by atoms with Crippen LogP contribution in [0.1, 0.15) is 20.3 Å². The highest BCUT2D eigenvalue weighted by atomic mass is 16.4. The molecule has 0 unspecified atom stereocenters. The molecule has 0 fully saturated rings. The number of allylic oxidation sites excluding steroid dienone is 1. The first-order valence-electron chi connectivity index (χ1n) is 4.84. The number of nitrogens with one attached hydrogen (secondary N) is 1. The van der Waals surface area contributed by atoms with Crippen LogP contribution in [0, 0.1) is 0 Å². The number of carbonyl (C=O) groups excluding carboxylic acids is 2. The van der Waals surface area contributed by atoms with E-state index in [0.717, 1.165) is 0 Å². The Kier molecular flexibility index (Phi) is 5.60. The molecule has 0 heterocycles. The van der Waals surface area contributed by atoms with Crippen LogP contribution < -0.4 is 5.32 Å². The maximum Gasteiger partial charge on any atom is 0.331 e. The van der Waals surface area contributed by atoms with E-state index in [1.165, 1.54) is 19.9 Å². The van der Waals surface area contributed by atoms with Crippen molar-refractivity contribution in [3.05, 3.63) is 36.0 Å². The highest BCUT2D eigenvalue weighted by molar-refractivity contribution is 6.09. The summed E-state index contributed by atoms with van der Waals surface area (Å²) in [6.07, 6.45) is 1.45. The van der Waals surface area contributed by atoms with Crippen molar-refractivity contribution >= 4 is 17.8 Å². The Morgan fingerprint density at radius 1 is 1.18 bits per heavy atom. The number of amides is 2. The van der Waals surface area contributed by atoms with E-state index in [0.29, 0.717) is 0 Å². The Morgan fingerprint density at radius 2 is 1.71 bits per heavy atom. The predicted octanol–water partition coefficient (Wildman–Crippen LogP) is 1.18. The van der Waals surface area contributed by atoms with Crippen LogP contribution in [0.5, 0.6) is 0 Å². The quantitative estimate of drug-likeness (QED) is 0.703. The Hall–Kier alpha value is -2.17. The third kappa shape index (κ3) is 5.46. The standard InChI is InChI=1S/C12H15NO4/c1-7(2)10(14)13-11(15)8(3)5-6-9(4)12(16)17/h5H,1,4,6H2,2-3H3,(H,16,17)(H,13,14,15). The molecule has 2 N–H and O–H groups in total. The van der Waals surface area contributed by atoms with Crippen LogP contribution in [0.25, 0.3) is 0 Å². The zero-order valence-corrected chi connectivity index (χ0v) is 9.87. The minimum atomic E-state index is -1.12. The third-order valence-corrected chi connectivity index (χ3v) is 1.93. The lowest BCUT2D eigenvalue weighted by atomic mass is 10.1. The van der Waals surface area contributed by atoms with Crippen LogP contribution >= 0.6 is 0 Å². The zero-order valence-electron chi connectivity index (χ0n) is 9.87. The molecule has 17 heavy (non-hydrogen) atoms. The molecule has 2 amide bonds. The summed E-state index contributed by atoms with van der Waals surface area (Å²) in [6, 6.07) is 0. The number of hydrogen-bond donors (Lipinski definition) is 2. The van der Waals surface area contributed by atoms with Gasteiger partial charge in [0.05, 0.1) is 0 Å². The lowest BCUT2D eigenvalue weighted by molar-refractivity contribution is -0.133. The molecule has 0 saturated heterocycles. The van der Waals surface area contributed by atoms with Crippen molar-refractivity contribution in [1.82, 2.24) is 5.32 Å². The zero-order chi connectivity index (χ0) is 13.6. The number of imide groups is 1. The molecule has 5 nitrogen and oxygen atoms in total. The SMILES string of the molecule is C=C(C)C(=O)NC(=O)C(C)=CCC(=C)C(=O)O. The Labute approximate surface area is 99.5 Å². The number of hydrogen-bond acceptors (Lipinski definition) is 3. The summed E-state index contributed by atoms with van der Waals surface area (Å²) >= 11 is 0. The first-order chi connectivity index (χ1) is 7.75. The molecule has 0 aliphatic heterocycles. The minimum Gasteiger partial charge on any atom is -0.478 e. The molecule has 0 spiro atoms. The fraction of sp³-hybridized carbons (Fsp3) is 0.250. The van der Waals surface area contributed by atoms with Gasteiger partial charge in [-0.15, -0.1) is 0 Å². The van der Waals surface area contributed by atoms with Gasteiger partial charge in [-0.1, -0.05) is 19.2 Å². The van der Waals surface area contributed by atoms with Gasteiger partial charge in [-0.2, -0.15) is 0 Å². The van der Waals surface area contributed by atoms with Gasteiger partial charge in [0.1, 0.15) is 0 Å². The normalized spacial score (nSPS) is 10.6. The van der Waals surface area contributed by atoms with E-state index in [9.17, 15) is 14.4 Å². The Balaban J connectivity index is 4.45. The van der Waals surface area contributed by atoms with Crippen LogP contribution in [0.3, 0.4) is 0 Å². The van der Waals surface area contributed by atoms with Crippen LogP contribution in [0.4, 0.5) is 0 Å². The van der Waals surface area contributed by atoms with Crippen molar-refractivity contribution in [3.8, 4) is 0 Å². The Morgan fingerprint density at radius 3 is 2.12 bits per heavy atom. The van der Waals surface area contributed by atoms with Crippen molar-refractivity contribution in [2.45, 2.75) is 20.3 Å². The third-order valence-electron chi connectivity index (χ3n) is 1.93. The van der Waals surface area contributed by atoms with Gasteiger partial charge < -0.3 is 5.11 Å². The average molecular weight is 237 g/mol. The van der Waals surface area contributed by atoms with Gasteiger partial charge in [-0.05, 0) is 20.3 Å². The summed E-state index contributed by atoms with van der Waals surface area (Å²) < 4.78 is 0. The molecular formula is C12H15NO4. The van der Waals surface area contributed by atoms with Crippen LogP contribution in [0.15, 0.2) is 36.0 Å².